The van der Waals surface area contributed by atoms with Crippen molar-refractivity contribution in [1.82, 2.24) is 0 Å². The Morgan fingerprint density at radius 1 is 1.10 bits per heavy atom. The van der Waals surface area contributed by atoms with Crippen molar-refractivity contribution < 1.29 is 9.47 Å². The number of nitrogen functional groups attached to an aromatic ring is 1. The second-order valence-electron chi connectivity index (χ2n) is 5.30. The molecule has 4 heteroatoms. The quantitative estimate of drug-likeness (QED) is 0.752. The smallest absolute Gasteiger partial charge is 0.146 e. The van der Waals surface area contributed by atoms with Gasteiger partial charge in [0.2, 0.25) is 0 Å². The van der Waals surface area contributed by atoms with Gasteiger partial charge >= 0.3 is 0 Å². The summed E-state index contributed by atoms with van der Waals surface area (Å²) >= 11 is 6.10. The number of nitrogens with two attached hydrogens (primary N) is 1. The van der Waals surface area contributed by atoms with Crippen LogP contribution in [0.1, 0.15) is 20.3 Å². The third-order valence-corrected chi connectivity index (χ3v) is 3.25. The molecule has 0 aliphatic rings. The Kier molecular flexibility index (Phi) is 5.34. The van der Waals surface area contributed by atoms with Crippen LogP contribution in [-0.4, -0.2) is 6.61 Å². The van der Waals surface area contributed by atoms with Crippen molar-refractivity contribution in [3.63, 3.8) is 0 Å². The Hall–Kier alpha value is -1.87. The zero-order chi connectivity index (χ0) is 15.2. The molecule has 0 aliphatic heterocycles. The SMILES string of the molecule is CC(C)CCOc1cccc(Oc2ccc(N)cc2Cl)c1. The van der Waals surface area contributed by atoms with E-state index in [4.69, 9.17) is 26.8 Å². The molecule has 21 heavy (non-hydrogen) atoms. The summed E-state index contributed by atoms with van der Waals surface area (Å²) in [6, 6.07) is 12.7. The van der Waals surface area contributed by atoms with Crippen LogP contribution in [0, 0.1) is 5.92 Å². The summed E-state index contributed by atoms with van der Waals surface area (Å²) in [7, 11) is 0. The lowest BCUT2D eigenvalue weighted by molar-refractivity contribution is 0.288. The van der Waals surface area contributed by atoms with Gasteiger partial charge in [-0.05, 0) is 42.7 Å². The van der Waals surface area contributed by atoms with Crippen molar-refractivity contribution in [3.8, 4) is 17.2 Å². The lowest BCUT2D eigenvalue weighted by atomic mass is 10.1. The Morgan fingerprint density at radius 2 is 1.86 bits per heavy atom. The van der Waals surface area contributed by atoms with E-state index in [2.05, 4.69) is 13.8 Å². The number of anilines is 1. The van der Waals surface area contributed by atoms with Gasteiger partial charge in [-0.25, -0.2) is 0 Å². The highest BCUT2D eigenvalue weighted by molar-refractivity contribution is 6.32. The summed E-state index contributed by atoms with van der Waals surface area (Å²) in [4.78, 5) is 0. The monoisotopic (exact) mass is 305 g/mol. The first-order chi connectivity index (χ1) is 10.0. The molecule has 2 rings (SSSR count). The molecule has 0 aromatic heterocycles. The Labute approximate surface area is 130 Å². The summed E-state index contributed by atoms with van der Waals surface area (Å²) < 4.78 is 11.5. The van der Waals surface area contributed by atoms with Crippen LogP contribution < -0.4 is 15.2 Å². The van der Waals surface area contributed by atoms with Crippen molar-refractivity contribution in [2.75, 3.05) is 12.3 Å². The van der Waals surface area contributed by atoms with Crippen molar-refractivity contribution in [2.45, 2.75) is 20.3 Å². The number of hydrogen-bond donors (Lipinski definition) is 1. The molecule has 3 nitrogen and oxygen atoms in total. The number of hydrogen-bond acceptors (Lipinski definition) is 3. The fourth-order valence-corrected chi connectivity index (χ4v) is 1.99. The Morgan fingerprint density at radius 3 is 2.57 bits per heavy atom. The summed E-state index contributed by atoms with van der Waals surface area (Å²) in [5.41, 5.74) is 6.27. The van der Waals surface area contributed by atoms with E-state index in [9.17, 15) is 0 Å². The topological polar surface area (TPSA) is 44.5 Å². The molecule has 2 aromatic rings. The highest BCUT2D eigenvalue weighted by Gasteiger charge is 2.05. The number of rotatable bonds is 6. The van der Waals surface area contributed by atoms with E-state index >= 15 is 0 Å². The minimum Gasteiger partial charge on any atom is -0.493 e. The molecule has 0 amide bonds. The second-order valence-corrected chi connectivity index (χ2v) is 5.70. The molecule has 112 valence electrons. The van der Waals surface area contributed by atoms with Crippen molar-refractivity contribution >= 4 is 17.3 Å². The Bertz CT molecular complexity index is 599. The molecule has 0 spiro atoms. The normalized spacial score (nSPS) is 10.7. The first-order valence-electron chi connectivity index (χ1n) is 7.00. The van der Waals surface area contributed by atoms with Crippen LogP contribution in [0.4, 0.5) is 5.69 Å². The molecule has 0 unspecified atom stereocenters. The van der Waals surface area contributed by atoms with Gasteiger partial charge < -0.3 is 15.2 Å². The fraction of sp³-hybridized carbons (Fsp3) is 0.294. The zero-order valence-corrected chi connectivity index (χ0v) is 13.1. The average Bonchev–Trinajstić information content (AvgIpc) is 2.42. The van der Waals surface area contributed by atoms with Gasteiger partial charge in [0.15, 0.2) is 0 Å². The van der Waals surface area contributed by atoms with Crippen molar-refractivity contribution in [1.29, 1.82) is 0 Å². The molecule has 2 aromatic carbocycles. The van der Waals surface area contributed by atoms with Crippen LogP contribution in [0.15, 0.2) is 42.5 Å². The molecule has 2 N–H and O–H groups in total. The number of halogens is 1. The number of ether oxygens (including phenoxy) is 2. The average molecular weight is 306 g/mol. The van der Waals surface area contributed by atoms with Gasteiger partial charge in [-0.15, -0.1) is 0 Å². The lowest BCUT2D eigenvalue weighted by Crippen LogP contribution is -2.01. The minimum absolute atomic E-state index is 0.487. The third kappa shape index (κ3) is 4.87. The van der Waals surface area contributed by atoms with Crippen LogP contribution in [-0.2, 0) is 0 Å². The van der Waals surface area contributed by atoms with E-state index in [1.807, 2.05) is 24.3 Å². The molecule has 0 radical (unpaired) electrons. The molecule has 0 saturated heterocycles. The van der Waals surface area contributed by atoms with Crippen LogP contribution in [0.25, 0.3) is 0 Å². The van der Waals surface area contributed by atoms with E-state index in [0.29, 0.717) is 34.7 Å². The summed E-state index contributed by atoms with van der Waals surface area (Å²) in [6.45, 7) is 5.04. The third-order valence-electron chi connectivity index (χ3n) is 2.95. The maximum absolute atomic E-state index is 6.10. The molecule has 0 saturated carbocycles. The first-order valence-corrected chi connectivity index (χ1v) is 7.38. The van der Waals surface area contributed by atoms with E-state index in [1.54, 1.807) is 18.2 Å². The van der Waals surface area contributed by atoms with Gasteiger partial charge in [-0.3, -0.25) is 0 Å². The van der Waals surface area contributed by atoms with Gasteiger partial charge in [-0.1, -0.05) is 31.5 Å². The van der Waals surface area contributed by atoms with E-state index in [0.717, 1.165) is 12.2 Å². The van der Waals surface area contributed by atoms with Crippen molar-refractivity contribution in [2.24, 2.45) is 5.92 Å². The van der Waals surface area contributed by atoms with Crippen LogP contribution in [0.5, 0.6) is 17.2 Å². The zero-order valence-electron chi connectivity index (χ0n) is 12.3. The van der Waals surface area contributed by atoms with Gasteiger partial charge in [0.05, 0.1) is 11.6 Å². The van der Waals surface area contributed by atoms with E-state index in [1.165, 1.54) is 0 Å². The van der Waals surface area contributed by atoms with Gasteiger partial charge in [0, 0.05) is 11.8 Å². The van der Waals surface area contributed by atoms with E-state index in [-0.39, 0.29) is 0 Å². The second kappa shape index (κ2) is 7.23. The standard InChI is InChI=1S/C17H20ClNO2/c1-12(2)8-9-20-14-4-3-5-15(11-14)21-17-7-6-13(19)10-16(17)18/h3-7,10-12H,8-9,19H2,1-2H3. The van der Waals surface area contributed by atoms with Crippen LogP contribution >= 0.6 is 11.6 Å². The molecule has 0 bridgehead atoms. The van der Waals surface area contributed by atoms with Gasteiger partial charge in [-0.2, -0.15) is 0 Å². The summed E-state index contributed by atoms with van der Waals surface area (Å²) in [5.74, 6) is 2.67. The van der Waals surface area contributed by atoms with Gasteiger partial charge in [0.1, 0.15) is 17.2 Å². The summed E-state index contributed by atoms with van der Waals surface area (Å²) in [6.07, 6.45) is 1.02. The molecule has 0 heterocycles. The predicted octanol–water partition coefficient (Wildman–Crippen LogP) is 5.14. The largest absolute Gasteiger partial charge is 0.493 e. The Balaban J connectivity index is 2.03. The molecule has 0 fully saturated rings. The molecular formula is C17H20ClNO2. The van der Waals surface area contributed by atoms with Crippen LogP contribution in [0.3, 0.4) is 0 Å². The molecular weight excluding hydrogens is 286 g/mol. The summed E-state index contributed by atoms with van der Waals surface area (Å²) in [5, 5.41) is 0.487. The van der Waals surface area contributed by atoms with Gasteiger partial charge in [0.25, 0.3) is 0 Å². The predicted molar refractivity (Wildman–Crippen MR) is 87.3 cm³/mol. The lowest BCUT2D eigenvalue weighted by Gasteiger charge is -2.11. The molecule has 0 atom stereocenters. The van der Waals surface area contributed by atoms with Crippen LogP contribution in [0.2, 0.25) is 5.02 Å². The van der Waals surface area contributed by atoms with E-state index < -0.39 is 0 Å². The number of benzene rings is 2. The maximum Gasteiger partial charge on any atom is 0.146 e. The first kappa shape index (κ1) is 15.5. The molecule has 0 aliphatic carbocycles. The highest BCUT2D eigenvalue weighted by atomic mass is 35.5. The van der Waals surface area contributed by atoms with Crippen molar-refractivity contribution in [3.05, 3.63) is 47.5 Å². The fourth-order valence-electron chi connectivity index (χ4n) is 1.77. The highest BCUT2D eigenvalue weighted by Crippen LogP contribution is 2.32. The maximum atomic E-state index is 6.10. The minimum atomic E-state index is 0.487.